The van der Waals surface area contributed by atoms with E-state index >= 15 is 0 Å². The van der Waals surface area contributed by atoms with E-state index in [1.54, 1.807) is 35.9 Å². The molecule has 0 saturated carbocycles. The van der Waals surface area contributed by atoms with Crippen molar-refractivity contribution in [2.45, 2.75) is 19.9 Å². The standard InChI is InChI=1S/C18H19ClN6O2/c1-4-5-17(27)24-6-7-25(12(2)26)16(11-24)13-8-14(10-15(19)9-13)18-20-22-23(3)21-18/h8-10,16H,6-7,11H2,1-3H3/t16-/m0/s1. The number of piperazine rings is 1. The highest BCUT2D eigenvalue weighted by Gasteiger charge is 2.32. The van der Waals surface area contributed by atoms with Crippen LogP contribution in [0.25, 0.3) is 11.4 Å². The smallest absolute Gasteiger partial charge is 0.298 e. The SMILES string of the molecule is CC#CC(=O)N1CCN(C(C)=O)[C@H](c2cc(Cl)cc(-c3nnn(C)n3)c2)C1. The Morgan fingerprint density at radius 1 is 1.26 bits per heavy atom. The maximum atomic E-state index is 12.2. The molecule has 1 atom stereocenters. The molecule has 0 radical (unpaired) electrons. The Kier molecular flexibility index (Phi) is 5.42. The average molecular weight is 387 g/mol. The number of halogens is 1. The zero-order valence-electron chi connectivity index (χ0n) is 15.3. The van der Waals surface area contributed by atoms with Crippen LogP contribution in [0.1, 0.15) is 25.5 Å². The van der Waals surface area contributed by atoms with E-state index in [0.717, 1.165) is 5.56 Å². The van der Waals surface area contributed by atoms with Crippen molar-refractivity contribution in [2.75, 3.05) is 19.6 Å². The van der Waals surface area contributed by atoms with E-state index in [0.29, 0.717) is 36.0 Å². The van der Waals surface area contributed by atoms with Gasteiger partial charge in [-0.1, -0.05) is 17.5 Å². The van der Waals surface area contributed by atoms with Crippen LogP contribution in [0, 0.1) is 11.8 Å². The predicted octanol–water partition coefficient (Wildman–Crippen LogP) is 1.29. The van der Waals surface area contributed by atoms with Crippen LogP contribution < -0.4 is 0 Å². The zero-order valence-corrected chi connectivity index (χ0v) is 16.1. The van der Waals surface area contributed by atoms with E-state index in [1.807, 2.05) is 6.07 Å². The van der Waals surface area contributed by atoms with Gasteiger partial charge in [-0.05, 0) is 41.8 Å². The largest absolute Gasteiger partial charge is 0.332 e. The van der Waals surface area contributed by atoms with Gasteiger partial charge in [-0.15, -0.1) is 10.2 Å². The maximum Gasteiger partial charge on any atom is 0.298 e. The minimum Gasteiger partial charge on any atom is -0.332 e. The number of aryl methyl sites for hydroxylation is 1. The van der Waals surface area contributed by atoms with Gasteiger partial charge in [-0.25, -0.2) is 0 Å². The Morgan fingerprint density at radius 3 is 2.67 bits per heavy atom. The van der Waals surface area contributed by atoms with Crippen LogP contribution in [-0.4, -0.2) is 61.5 Å². The van der Waals surface area contributed by atoms with Crippen molar-refractivity contribution in [3.63, 3.8) is 0 Å². The third-order valence-electron chi connectivity index (χ3n) is 4.38. The molecule has 8 nitrogen and oxygen atoms in total. The van der Waals surface area contributed by atoms with E-state index in [4.69, 9.17) is 11.6 Å². The minimum absolute atomic E-state index is 0.0622. The third kappa shape index (κ3) is 4.09. The summed E-state index contributed by atoms with van der Waals surface area (Å²) in [7, 11) is 1.68. The summed E-state index contributed by atoms with van der Waals surface area (Å²) in [5, 5.41) is 12.6. The topological polar surface area (TPSA) is 84.2 Å². The molecule has 0 aliphatic carbocycles. The Labute approximate surface area is 162 Å². The number of hydrogen-bond donors (Lipinski definition) is 0. The number of rotatable bonds is 2. The molecule has 2 aromatic rings. The zero-order chi connectivity index (χ0) is 19.6. The summed E-state index contributed by atoms with van der Waals surface area (Å²) in [5.74, 6) is 5.32. The van der Waals surface area contributed by atoms with Gasteiger partial charge in [0.2, 0.25) is 11.7 Å². The number of benzene rings is 1. The minimum atomic E-state index is -0.326. The predicted molar refractivity (Wildman–Crippen MR) is 99.4 cm³/mol. The van der Waals surface area contributed by atoms with Crippen LogP contribution in [0.15, 0.2) is 18.2 Å². The summed E-state index contributed by atoms with van der Waals surface area (Å²) < 4.78 is 0. The number of amides is 2. The second-order valence-corrected chi connectivity index (χ2v) is 6.67. The lowest BCUT2D eigenvalue weighted by Crippen LogP contribution is -2.51. The molecular formula is C18H19ClN6O2. The molecule has 0 unspecified atom stereocenters. The first kappa shape index (κ1) is 18.9. The molecule has 0 N–H and O–H groups in total. The van der Waals surface area contributed by atoms with Gasteiger partial charge in [0.05, 0.1) is 13.1 Å². The van der Waals surface area contributed by atoms with Gasteiger partial charge < -0.3 is 9.80 Å². The maximum absolute atomic E-state index is 12.2. The highest BCUT2D eigenvalue weighted by Crippen LogP contribution is 2.31. The molecule has 140 valence electrons. The second-order valence-electron chi connectivity index (χ2n) is 6.23. The summed E-state index contributed by atoms with van der Waals surface area (Å²) in [5.41, 5.74) is 1.51. The molecule has 2 amide bonds. The van der Waals surface area contributed by atoms with Crippen LogP contribution in [0.2, 0.25) is 5.02 Å². The van der Waals surface area contributed by atoms with Crippen molar-refractivity contribution in [1.82, 2.24) is 30.0 Å². The normalized spacial score (nSPS) is 16.7. The van der Waals surface area contributed by atoms with Crippen molar-refractivity contribution < 1.29 is 9.59 Å². The number of hydrogen-bond acceptors (Lipinski definition) is 5. The molecule has 1 saturated heterocycles. The highest BCUT2D eigenvalue weighted by atomic mass is 35.5. The molecule has 1 aromatic carbocycles. The number of carbonyl (C=O) groups excluding carboxylic acids is 2. The van der Waals surface area contributed by atoms with Gasteiger partial charge in [0.1, 0.15) is 0 Å². The Bertz CT molecular complexity index is 945. The second kappa shape index (κ2) is 7.76. The molecule has 1 aliphatic rings. The molecule has 0 bridgehead atoms. The number of tetrazole rings is 1. The van der Waals surface area contributed by atoms with Crippen LogP contribution in [-0.2, 0) is 16.6 Å². The first-order valence-electron chi connectivity index (χ1n) is 8.42. The number of aromatic nitrogens is 4. The quantitative estimate of drug-likeness (QED) is 0.726. The molecule has 27 heavy (non-hydrogen) atoms. The number of nitrogens with zero attached hydrogens (tertiary/aromatic N) is 6. The molecule has 1 aliphatic heterocycles. The summed E-state index contributed by atoms with van der Waals surface area (Å²) in [6.45, 7) is 4.37. The van der Waals surface area contributed by atoms with Gasteiger partial charge >= 0.3 is 0 Å². The lowest BCUT2D eigenvalue weighted by Gasteiger charge is -2.40. The Hall–Kier alpha value is -2.92. The highest BCUT2D eigenvalue weighted by molar-refractivity contribution is 6.31. The van der Waals surface area contributed by atoms with Gasteiger partial charge in [0.15, 0.2) is 0 Å². The van der Waals surface area contributed by atoms with Crippen molar-refractivity contribution in [1.29, 1.82) is 0 Å². The summed E-state index contributed by atoms with van der Waals surface area (Å²) in [6, 6.07) is 5.09. The summed E-state index contributed by atoms with van der Waals surface area (Å²) in [6.07, 6.45) is 0. The molecule has 2 heterocycles. The fourth-order valence-electron chi connectivity index (χ4n) is 3.15. The monoisotopic (exact) mass is 386 g/mol. The summed E-state index contributed by atoms with van der Waals surface area (Å²) >= 11 is 6.31. The Balaban J connectivity index is 1.99. The average Bonchev–Trinajstić information content (AvgIpc) is 3.07. The van der Waals surface area contributed by atoms with E-state index in [1.165, 1.54) is 11.7 Å². The van der Waals surface area contributed by atoms with E-state index in [9.17, 15) is 9.59 Å². The van der Waals surface area contributed by atoms with Crippen molar-refractivity contribution >= 4 is 23.4 Å². The van der Waals surface area contributed by atoms with Crippen LogP contribution in [0.5, 0.6) is 0 Å². The van der Waals surface area contributed by atoms with Crippen LogP contribution in [0.3, 0.4) is 0 Å². The molecule has 3 rings (SSSR count). The van der Waals surface area contributed by atoms with E-state index < -0.39 is 0 Å². The van der Waals surface area contributed by atoms with Gasteiger partial charge in [-0.2, -0.15) is 4.80 Å². The lowest BCUT2D eigenvalue weighted by atomic mass is 9.99. The van der Waals surface area contributed by atoms with Gasteiger partial charge in [0.25, 0.3) is 5.91 Å². The lowest BCUT2D eigenvalue weighted by molar-refractivity contribution is -0.139. The molecule has 1 fully saturated rings. The van der Waals surface area contributed by atoms with Crippen molar-refractivity contribution in [3.05, 3.63) is 28.8 Å². The molecule has 0 spiro atoms. The molecule has 1 aromatic heterocycles. The number of carbonyl (C=O) groups is 2. The fourth-order valence-corrected chi connectivity index (χ4v) is 3.39. The van der Waals surface area contributed by atoms with Crippen molar-refractivity contribution in [3.8, 4) is 23.2 Å². The van der Waals surface area contributed by atoms with E-state index in [2.05, 4.69) is 27.3 Å². The van der Waals surface area contributed by atoms with Crippen LogP contribution in [0.4, 0.5) is 0 Å². The third-order valence-corrected chi connectivity index (χ3v) is 4.59. The fraction of sp³-hybridized carbons (Fsp3) is 0.389. The van der Waals surface area contributed by atoms with Crippen molar-refractivity contribution in [2.24, 2.45) is 7.05 Å². The summed E-state index contributed by atoms with van der Waals surface area (Å²) in [4.78, 5) is 29.1. The Morgan fingerprint density at radius 2 is 2.04 bits per heavy atom. The van der Waals surface area contributed by atoms with Gasteiger partial charge in [-0.3, -0.25) is 9.59 Å². The van der Waals surface area contributed by atoms with Gasteiger partial charge in [0, 0.05) is 37.1 Å². The molecular weight excluding hydrogens is 368 g/mol. The first-order valence-corrected chi connectivity index (χ1v) is 8.80. The van der Waals surface area contributed by atoms with Crippen LogP contribution >= 0.6 is 11.6 Å². The first-order chi connectivity index (χ1) is 12.9. The molecule has 9 heteroatoms. The van der Waals surface area contributed by atoms with E-state index in [-0.39, 0.29) is 17.9 Å².